The Labute approximate surface area is 142 Å². The molecule has 0 aromatic rings. The minimum atomic E-state index is 0.958. The second-order valence-corrected chi connectivity index (χ2v) is 7.75. The summed E-state index contributed by atoms with van der Waals surface area (Å²) < 4.78 is 0. The lowest BCUT2D eigenvalue weighted by Crippen LogP contribution is -2.07. The molecule has 0 aromatic heterocycles. The lowest BCUT2D eigenvalue weighted by Gasteiger charge is -2.21. The van der Waals surface area contributed by atoms with Gasteiger partial charge >= 0.3 is 0 Å². The van der Waals surface area contributed by atoms with Crippen molar-refractivity contribution >= 4 is 0 Å². The molecule has 0 amide bonds. The van der Waals surface area contributed by atoms with E-state index in [0.29, 0.717) is 0 Å². The van der Waals surface area contributed by atoms with Crippen LogP contribution in [-0.4, -0.2) is 0 Å². The number of hydrogen-bond acceptors (Lipinski definition) is 0. The van der Waals surface area contributed by atoms with Gasteiger partial charge in [0.1, 0.15) is 0 Å². The standard InChI is InChI=1S/C22H46/c1-5-8-11-13-15-17-21(4)20-22(18-10-7-3)19-16-14-12-9-6-2/h21-22H,5-20H2,1-4H3. The molecule has 0 aliphatic heterocycles. The third kappa shape index (κ3) is 14.9. The highest BCUT2D eigenvalue weighted by atomic mass is 14.2. The highest BCUT2D eigenvalue weighted by molar-refractivity contribution is 4.65. The van der Waals surface area contributed by atoms with Crippen molar-refractivity contribution in [2.45, 2.75) is 130 Å². The lowest BCUT2D eigenvalue weighted by atomic mass is 9.85. The van der Waals surface area contributed by atoms with Crippen molar-refractivity contribution in [1.82, 2.24) is 0 Å². The molecule has 2 atom stereocenters. The highest BCUT2D eigenvalue weighted by Gasteiger charge is 2.12. The van der Waals surface area contributed by atoms with Gasteiger partial charge in [0.05, 0.1) is 0 Å². The Balaban J connectivity index is 3.79. The van der Waals surface area contributed by atoms with Gasteiger partial charge < -0.3 is 0 Å². The van der Waals surface area contributed by atoms with E-state index in [-0.39, 0.29) is 0 Å². The Morgan fingerprint density at radius 3 is 1.50 bits per heavy atom. The van der Waals surface area contributed by atoms with E-state index >= 15 is 0 Å². The second kappa shape index (κ2) is 17.4. The number of unbranched alkanes of at least 4 members (excludes halogenated alkanes) is 9. The predicted octanol–water partition coefficient (Wildman–Crippen LogP) is 8.54. The van der Waals surface area contributed by atoms with Crippen LogP contribution in [0.4, 0.5) is 0 Å². The maximum absolute atomic E-state index is 2.51. The SMILES string of the molecule is CCCCCCCC(C)CC(CCCC)CCCCCCC. The van der Waals surface area contributed by atoms with E-state index in [1.807, 2.05) is 0 Å². The largest absolute Gasteiger partial charge is 0.0654 e. The molecular formula is C22H46. The summed E-state index contributed by atoms with van der Waals surface area (Å²) in [5, 5.41) is 0. The first-order valence-corrected chi connectivity index (χ1v) is 10.7. The van der Waals surface area contributed by atoms with Crippen molar-refractivity contribution in [1.29, 1.82) is 0 Å². The van der Waals surface area contributed by atoms with Gasteiger partial charge in [-0.2, -0.15) is 0 Å². The van der Waals surface area contributed by atoms with E-state index in [4.69, 9.17) is 0 Å². The summed E-state index contributed by atoms with van der Waals surface area (Å²) in [6.07, 6.45) is 23.2. The van der Waals surface area contributed by atoms with Crippen molar-refractivity contribution in [3.63, 3.8) is 0 Å². The molecule has 0 bridgehead atoms. The molecule has 0 spiro atoms. The van der Waals surface area contributed by atoms with Crippen LogP contribution < -0.4 is 0 Å². The van der Waals surface area contributed by atoms with Crippen LogP contribution in [0.1, 0.15) is 130 Å². The van der Waals surface area contributed by atoms with Crippen LogP contribution in [0.15, 0.2) is 0 Å². The van der Waals surface area contributed by atoms with Crippen LogP contribution in [0.5, 0.6) is 0 Å². The fourth-order valence-corrected chi connectivity index (χ4v) is 3.69. The summed E-state index contributed by atoms with van der Waals surface area (Å²) >= 11 is 0. The van der Waals surface area contributed by atoms with E-state index in [0.717, 1.165) is 11.8 Å². The van der Waals surface area contributed by atoms with E-state index in [2.05, 4.69) is 27.7 Å². The van der Waals surface area contributed by atoms with E-state index in [1.165, 1.54) is 103 Å². The Kier molecular flexibility index (Phi) is 17.4. The summed E-state index contributed by atoms with van der Waals surface area (Å²) in [5.74, 6) is 1.98. The molecule has 0 aliphatic rings. The first-order chi connectivity index (χ1) is 10.7. The molecule has 0 aromatic carbocycles. The molecule has 0 aliphatic carbocycles. The van der Waals surface area contributed by atoms with Gasteiger partial charge in [-0.25, -0.2) is 0 Å². The quantitative estimate of drug-likeness (QED) is 0.236. The molecule has 2 unspecified atom stereocenters. The van der Waals surface area contributed by atoms with Gasteiger partial charge in [0, 0.05) is 0 Å². The molecule has 0 rings (SSSR count). The average Bonchev–Trinajstić information content (AvgIpc) is 2.52. The smallest absolute Gasteiger partial charge is 0.0412 e. The van der Waals surface area contributed by atoms with Crippen LogP contribution >= 0.6 is 0 Å². The van der Waals surface area contributed by atoms with Gasteiger partial charge in [0.15, 0.2) is 0 Å². The summed E-state index contributed by atoms with van der Waals surface area (Å²) in [7, 11) is 0. The number of hydrogen-bond donors (Lipinski definition) is 0. The van der Waals surface area contributed by atoms with Gasteiger partial charge in [-0.3, -0.25) is 0 Å². The zero-order chi connectivity index (χ0) is 16.5. The highest BCUT2D eigenvalue weighted by Crippen LogP contribution is 2.27. The third-order valence-electron chi connectivity index (χ3n) is 5.22. The molecule has 0 N–H and O–H groups in total. The second-order valence-electron chi connectivity index (χ2n) is 7.75. The van der Waals surface area contributed by atoms with Crippen molar-refractivity contribution in [2.24, 2.45) is 11.8 Å². The molecule has 134 valence electrons. The first kappa shape index (κ1) is 22.0. The molecule has 0 heteroatoms. The first-order valence-electron chi connectivity index (χ1n) is 10.7. The predicted molar refractivity (Wildman–Crippen MR) is 104 cm³/mol. The van der Waals surface area contributed by atoms with Crippen molar-refractivity contribution < 1.29 is 0 Å². The van der Waals surface area contributed by atoms with Crippen LogP contribution in [0.25, 0.3) is 0 Å². The Bertz CT molecular complexity index is 196. The van der Waals surface area contributed by atoms with Gasteiger partial charge in [0.2, 0.25) is 0 Å². The number of rotatable bonds is 17. The van der Waals surface area contributed by atoms with E-state index < -0.39 is 0 Å². The zero-order valence-electron chi connectivity index (χ0n) is 16.5. The van der Waals surface area contributed by atoms with Crippen molar-refractivity contribution in [3.05, 3.63) is 0 Å². The molecular weight excluding hydrogens is 264 g/mol. The van der Waals surface area contributed by atoms with Crippen LogP contribution in [0.3, 0.4) is 0 Å². The van der Waals surface area contributed by atoms with Gasteiger partial charge in [-0.1, -0.05) is 124 Å². The molecule has 0 saturated heterocycles. The Morgan fingerprint density at radius 2 is 0.955 bits per heavy atom. The third-order valence-corrected chi connectivity index (χ3v) is 5.22. The maximum Gasteiger partial charge on any atom is -0.0412 e. The molecule has 0 saturated carbocycles. The van der Waals surface area contributed by atoms with Gasteiger partial charge in [-0.15, -0.1) is 0 Å². The Morgan fingerprint density at radius 1 is 0.500 bits per heavy atom. The van der Waals surface area contributed by atoms with Crippen LogP contribution in [0, 0.1) is 11.8 Å². The normalized spacial score (nSPS) is 14.2. The van der Waals surface area contributed by atoms with Crippen molar-refractivity contribution in [2.75, 3.05) is 0 Å². The molecule has 0 fully saturated rings. The topological polar surface area (TPSA) is 0 Å². The van der Waals surface area contributed by atoms with Gasteiger partial charge in [-0.05, 0) is 18.3 Å². The monoisotopic (exact) mass is 310 g/mol. The van der Waals surface area contributed by atoms with Crippen LogP contribution in [0.2, 0.25) is 0 Å². The van der Waals surface area contributed by atoms with Crippen molar-refractivity contribution in [3.8, 4) is 0 Å². The van der Waals surface area contributed by atoms with E-state index in [9.17, 15) is 0 Å². The Hall–Kier alpha value is 0. The molecule has 0 heterocycles. The fraction of sp³-hybridized carbons (Fsp3) is 1.00. The molecule has 0 nitrogen and oxygen atoms in total. The van der Waals surface area contributed by atoms with Gasteiger partial charge in [0.25, 0.3) is 0 Å². The zero-order valence-corrected chi connectivity index (χ0v) is 16.5. The maximum atomic E-state index is 2.51. The summed E-state index contributed by atoms with van der Waals surface area (Å²) in [6, 6.07) is 0. The minimum absolute atomic E-state index is 0.958. The molecule has 0 radical (unpaired) electrons. The van der Waals surface area contributed by atoms with E-state index in [1.54, 1.807) is 0 Å². The summed E-state index contributed by atoms with van der Waals surface area (Å²) in [4.78, 5) is 0. The fourth-order valence-electron chi connectivity index (χ4n) is 3.69. The minimum Gasteiger partial charge on any atom is -0.0654 e. The summed E-state index contributed by atoms with van der Waals surface area (Å²) in [6.45, 7) is 9.47. The lowest BCUT2D eigenvalue weighted by molar-refractivity contribution is 0.315. The van der Waals surface area contributed by atoms with Crippen LogP contribution in [-0.2, 0) is 0 Å². The molecule has 22 heavy (non-hydrogen) atoms. The summed E-state index contributed by atoms with van der Waals surface area (Å²) in [5.41, 5.74) is 0. The average molecular weight is 311 g/mol.